The molecule has 0 bridgehead atoms. The maximum atomic E-state index is 13.0. The van der Waals surface area contributed by atoms with Crippen LogP contribution in [0.25, 0.3) is 0 Å². The Labute approximate surface area is 133 Å². The Kier molecular flexibility index (Phi) is 4.73. The molecule has 0 heterocycles. The number of carbonyl (C=O) groups excluding carboxylic acids is 1. The number of aromatic carboxylic acids is 1. The van der Waals surface area contributed by atoms with E-state index in [1.807, 2.05) is 22.6 Å². The van der Waals surface area contributed by atoms with Gasteiger partial charge in [-0.15, -0.1) is 0 Å². The lowest BCUT2D eigenvalue weighted by Crippen LogP contribution is -2.20. The SMILES string of the molecule is O=C(Nc1cccc(C(=O)O)c1)Nc1ccc(F)cc1I. The fraction of sp³-hybridized carbons (Fsp3) is 0. The fourth-order valence-electron chi connectivity index (χ4n) is 1.61. The van der Waals surface area contributed by atoms with Gasteiger partial charge in [-0.05, 0) is 59.0 Å². The number of nitrogens with one attached hydrogen (secondary N) is 2. The van der Waals surface area contributed by atoms with Gasteiger partial charge in [0.25, 0.3) is 0 Å². The zero-order valence-corrected chi connectivity index (χ0v) is 12.7. The molecule has 21 heavy (non-hydrogen) atoms. The molecule has 0 aliphatic carbocycles. The van der Waals surface area contributed by atoms with E-state index in [2.05, 4.69) is 10.6 Å². The van der Waals surface area contributed by atoms with Crippen molar-refractivity contribution in [3.05, 3.63) is 57.4 Å². The first-order valence-corrected chi connectivity index (χ1v) is 6.90. The first-order valence-electron chi connectivity index (χ1n) is 5.82. The molecule has 3 N–H and O–H groups in total. The average molecular weight is 400 g/mol. The summed E-state index contributed by atoms with van der Waals surface area (Å²) >= 11 is 1.90. The molecule has 0 spiro atoms. The minimum atomic E-state index is -1.08. The van der Waals surface area contributed by atoms with Crippen LogP contribution in [-0.2, 0) is 0 Å². The number of amides is 2. The molecule has 2 amide bonds. The highest BCUT2D eigenvalue weighted by Crippen LogP contribution is 2.19. The Morgan fingerprint density at radius 3 is 2.52 bits per heavy atom. The van der Waals surface area contributed by atoms with Crippen molar-refractivity contribution >= 4 is 46.0 Å². The van der Waals surface area contributed by atoms with Gasteiger partial charge in [0.1, 0.15) is 5.82 Å². The molecule has 0 aliphatic rings. The molecule has 0 unspecified atom stereocenters. The summed E-state index contributed by atoms with van der Waals surface area (Å²) < 4.78 is 13.5. The third-order valence-electron chi connectivity index (χ3n) is 2.55. The number of carboxylic acids is 1. The molecule has 2 rings (SSSR count). The van der Waals surface area contributed by atoms with E-state index in [0.717, 1.165) is 0 Å². The summed E-state index contributed by atoms with van der Waals surface area (Å²) in [7, 11) is 0. The summed E-state index contributed by atoms with van der Waals surface area (Å²) in [5, 5.41) is 14.0. The number of carboxylic acid groups (broad SMARTS) is 1. The van der Waals surface area contributed by atoms with Gasteiger partial charge in [-0.2, -0.15) is 0 Å². The van der Waals surface area contributed by atoms with Gasteiger partial charge >= 0.3 is 12.0 Å². The number of hydrogen-bond acceptors (Lipinski definition) is 2. The van der Waals surface area contributed by atoms with E-state index < -0.39 is 12.0 Å². The monoisotopic (exact) mass is 400 g/mol. The molecule has 108 valence electrons. The van der Waals surface area contributed by atoms with Crippen molar-refractivity contribution in [2.24, 2.45) is 0 Å². The van der Waals surface area contributed by atoms with E-state index in [0.29, 0.717) is 14.9 Å². The normalized spacial score (nSPS) is 10.0. The van der Waals surface area contributed by atoms with E-state index in [-0.39, 0.29) is 11.4 Å². The van der Waals surface area contributed by atoms with Crippen molar-refractivity contribution in [1.82, 2.24) is 0 Å². The van der Waals surface area contributed by atoms with Crippen LogP contribution in [0.3, 0.4) is 0 Å². The first-order chi connectivity index (χ1) is 9.95. The number of carbonyl (C=O) groups is 2. The second-order valence-electron chi connectivity index (χ2n) is 4.09. The number of anilines is 2. The number of hydrogen-bond donors (Lipinski definition) is 3. The molecular weight excluding hydrogens is 390 g/mol. The largest absolute Gasteiger partial charge is 0.478 e. The number of rotatable bonds is 3. The van der Waals surface area contributed by atoms with Crippen LogP contribution < -0.4 is 10.6 Å². The van der Waals surface area contributed by atoms with Crippen LogP contribution in [0.15, 0.2) is 42.5 Å². The number of halogens is 2. The van der Waals surface area contributed by atoms with Gasteiger partial charge in [0.15, 0.2) is 0 Å². The smallest absolute Gasteiger partial charge is 0.335 e. The van der Waals surface area contributed by atoms with Crippen molar-refractivity contribution in [3.63, 3.8) is 0 Å². The molecular formula is C14H10FIN2O3. The topological polar surface area (TPSA) is 78.4 Å². The van der Waals surface area contributed by atoms with Gasteiger partial charge < -0.3 is 15.7 Å². The van der Waals surface area contributed by atoms with Crippen LogP contribution in [0.1, 0.15) is 10.4 Å². The lowest BCUT2D eigenvalue weighted by atomic mass is 10.2. The number of benzene rings is 2. The zero-order chi connectivity index (χ0) is 15.4. The minimum Gasteiger partial charge on any atom is -0.478 e. The van der Waals surface area contributed by atoms with Crippen LogP contribution in [0.2, 0.25) is 0 Å². The van der Waals surface area contributed by atoms with Crippen molar-refractivity contribution < 1.29 is 19.1 Å². The molecule has 0 fully saturated rings. The highest BCUT2D eigenvalue weighted by Gasteiger charge is 2.08. The van der Waals surface area contributed by atoms with E-state index in [9.17, 15) is 14.0 Å². The van der Waals surface area contributed by atoms with Gasteiger partial charge in [-0.3, -0.25) is 0 Å². The van der Waals surface area contributed by atoms with Crippen LogP contribution in [0, 0.1) is 9.39 Å². The Bertz CT molecular complexity index is 706. The molecule has 0 saturated carbocycles. The molecule has 5 nitrogen and oxygen atoms in total. The lowest BCUT2D eigenvalue weighted by Gasteiger charge is -2.09. The molecule has 2 aromatic carbocycles. The highest BCUT2D eigenvalue weighted by molar-refractivity contribution is 14.1. The van der Waals surface area contributed by atoms with Crippen LogP contribution >= 0.6 is 22.6 Å². The van der Waals surface area contributed by atoms with Crippen molar-refractivity contribution in [2.45, 2.75) is 0 Å². The quantitative estimate of drug-likeness (QED) is 0.687. The summed E-state index contributed by atoms with van der Waals surface area (Å²) in [4.78, 5) is 22.7. The Morgan fingerprint density at radius 1 is 1.10 bits per heavy atom. The molecule has 7 heteroatoms. The summed E-state index contributed by atoms with van der Waals surface area (Å²) in [6, 6.07) is 9.31. The van der Waals surface area contributed by atoms with E-state index in [4.69, 9.17) is 5.11 Å². The minimum absolute atomic E-state index is 0.0733. The number of urea groups is 1. The maximum Gasteiger partial charge on any atom is 0.335 e. The van der Waals surface area contributed by atoms with Crippen LogP contribution in [0.5, 0.6) is 0 Å². The fourth-order valence-corrected chi connectivity index (χ4v) is 2.22. The van der Waals surface area contributed by atoms with Crippen molar-refractivity contribution in [2.75, 3.05) is 10.6 Å². The highest BCUT2D eigenvalue weighted by atomic mass is 127. The molecule has 0 saturated heterocycles. The van der Waals surface area contributed by atoms with Gasteiger partial charge in [0.05, 0.1) is 11.3 Å². The van der Waals surface area contributed by atoms with Gasteiger partial charge in [-0.1, -0.05) is 6.07 Å². The van der Waals surface area contributed by atoms with Gasteiger partial charge in [0.2, 0.25) is 0 Å². The van der Waals surface area contributed by atoms with Crippen LogP contribution in [0.4, 0.5) is 20.6 Å². The summed E-state index contributed by atoms with van der Waals surface area (Å²) in [6.07, 6.45) is 0. The Balaban J connectivity index is 2.08. The lowest BCUT2D eigenvalue weighted by molar-refractivity contribution is 0.0697. The predicted octanol–water partition coefficient (Wildman–Crippen LogP) is 3.77. The van der Waals surface area contributed by atoms with Crippen molar-refractivity contribution in [3.8, 4) is 0 Å². The van der Waals surface area contributed by atoms with E-state index in [1.165, 1.54) is 36.4 Å². The Hall–Kier alpha value is -2.16. The first kappa shape index (κ1) is 15.2. The standard InChI is InChI=1S/C14H10FIN2O3/c15-9-4-5-12(11(16)7-9)18-14(21)17-10-3-1-2-8(6-10)13(19)20/h1-7H,(H,19,20)(H2,17,18,21). The molecule has 0 atom stereocenters. The second-order valence-corrected chi connectivity index (χ2v) is 5.25. The van der Waals surface area contributed by atoms with E-state index >= 15 is 0 Å². The van der Waals surface area contributed by atoms with E-state index in [1.54, 1.807) is 6.07 Å². The molecule has 0 radical (unpaired) electrons. The summed E-state index contributed by atoms with van der Waals surface area (Å²) in [5.74, 6) is -1.47. The molecule has 0 aromatic heterocycles. The summed E-state index contributed by atoms with van der Waals surface area (Å²) in [6.45, 7) is 0. The summed E-state index contributed by atoms with van der Waals surface area (Å²) in [5.41, 5.74) is 0.887. The van der Waals surface area contributed by atoms with Crippen molar-refractivity contribution in [1.29, 1.82) is 0 Å². The predicted molar refractivity (Wildman–Crippen MR) is 85.2 cm³/mol. The molecule has 0 aliphatic heterocycles. The second kappa shape index (κ2) is 6.53. The molecule has 2 aromatic rings. The zero-order valence-electron chi connectivity index (χ0n) is 10.6. The Morgan fingerprint density at radius 2 is 1.86 bits per heavy atom. The van der Waals surface area contributed by atoms with Gasteiger partial charge in [0, 0.05) is 9.26 Å². The maximum absolute atomic E-state index is 13.0. The third kappa shape index (κ3) is 4.15. The average Bonchev–Trinajstić information content (AvgIpc) is 2.42. The van der Waals surface area contributed by atoms with Gasteiger partial charge in [-0.25, -0.2) is 14.0 Å². The van der Waals surface area contributed by atoms with Crippen LogP contribution in [-0.4, -0.2) is 17.1 Å². The third-order valence-corrected chi connectivity index (χ3v) is 3.44.